The molecule has 0 saturated carbocycles. The van der Waals surface area contributed by atoms with Crippen LogP contribution < -0.4 is 0 Å². The molecule has 0 aromatic carbocycles. The summed E-state index contributed by atoms with van der Waals surface area (Å²) >= 11 is 0. The quantitative estimate of drug-likeness (QED) is 0.631. The van der Waals surface area contributed by atoms with Crippen LogP contribution in [0.1, 0.15) is 17.4 Å². The van der Waals surface area contributed by atoms with Crippen LogP contribution in [-0.4, -0.2) is 21.3 Å². The van der Waals surface area contributed by atoms with Gasteiger partial charge in [0.25, 0.3) is 0 Å². The highest BCUT2D eigenvalue weighted by Crippen LogP contribution is 2.17. The van der Waals surface area contributed by atoms with Crippen LogP contribution in [-0.2, 0) is 0 Å². The standard InChI is InChI=1S/C9H7N3O2/c10-4-6-2-1-3-12-8(6)9(14)7(13)5-11/h1-3,7,9,13-14H. The van der Waals surface area contributed by atoms with Crippen molar-refractivity contribution >= 4 is 0 Å². The molecule has 0 aliphatic heterocycles. The molecule has 1 heterocycles. The van der Waals surface area contributed by atoms with Crippen molar-refractivity contribution < 1.29 is 10.2 Å². The largest absolute Gasteiger partial charge is 0.383 e. The van der Waals surface area contributed by atoms with Gasteiger partial charge in [0, 0.05) is 6.20 Å². The first-order valence-electron chi connectivity index (χ1n) is 3.81. The van der Waals surface area contributed by atoms with E-state index in [1.165, 1.54) is 24.4 Å². The molecule has 14 heavy (non-hydrogen) atoms. The number of pyridine rings is 1. The minimum absolute atomic E-state index is 0.0176. The second-order valence-corrected chi connectivity index (χ2v) is 2.57. The number of aliphatic hydroxyl groups excluding tert-OH is 2. The molecule has 0 aliphatic carbocycles. The number of aromatic nitrogens is 1. The molecule has 2 unspecified atom stereocenters. The molecule has 5 nitrogen and oxygen atoms in total. The van der Waals surface area contributed by atoms with Gasteiger partial charge in [-0.25, -0.2) is 0 Å². The van der Waals surface area contributed by atoms with Gasteiger partial charge in [0.2, 0.25) is 0 Å². The van der Waals surface area contributed by atoms with Crippen LogP contribution in [0.3, 0.4) is 0 Å². The van der Waals surface area contributed by atoms with Gasteiger partial charge in [0.15, 0.2) is 6.10 Å². The van der Waals surface area contributed by atoms with Crippen LogP contribution in [0, 0.1) is 22.7 Å². The van der Waals surface area contributed by atoms with Crippen molar-refractivity contribution in [3.05, 3.63) is 29.6 Å². The Bertz CT molecular complexity index is 405. The van der Waals surface area contributed by atoms with Crippen LogP contribution in [0.4, 0.5) is 0 Å². The summed E-state index contributed by atoms with van der Waals surface area (Å²) in [4.78, 5) is 3.73. The molecule has 70 valence electrons. The first kappa shape index (κ1) is 10.1. The normalized spacial score (nSPS) is 13.7. The fraction of sp³-hybridized carbons (Fsp3) is 0.222. The third-order valence-electron chi connectivity index (χ3n) is 1.67. The second kappa shape index (κ2) is 4.33. The van der Waals surface area contributed by atoms with E-state index in [0.29, 0.717) is 0 Å². The van der Waals surface area contributed by atoms with Crippen LogP contribution >= 0.6 is 0 Å². The predicted octanol–water partition coefficient (Wildman–Crippen LogP) is -0.129. The lowest BCUT2D eigenvalue weighted by atomic mass is 10.1. The van der Waals surface area contributed by atoms with E-state index in [1.54, 1.807) is 0 Å². The Hall–Kier alpha value is -1.95. The molecule has 1 aromatic rings. The SMILES string of the molecule is N#Cc1cccnc1C(O)C(O)C#N. The third kappa shape index (κ3) is 1.86. The Labute approximate surface area is 80.5 Å². The molecule has 5 heteroatoms. The van der Waals surface area contributed by atoms with E-state index in [0.717, 1.165) is 0 Å². The number of aliphatic hydroxyl groups is 2. The van der Waals surface area contributed by atoms with Crippen molar-refractivity contribution in [2.45, 2.75) is 12.2 Å². The first-order valence-corrected chi connectivity index (χ1v) is 3.81. The molecule has 1 rings (SSSR count). The number of hydrogen-bond donors (Lipinski definition) is 2. The van der Waals surface area contributed by atoms with Gasteiger partial charge < -0.3 is 10.2 Å². The van der Waals surface area contributed by atoms with Crippen molar-refractivity contribution in [1.82, 2.24) is 4.98 Å². The van der Waals surface area contributed by atoms with E-state index in [-0.39, 0.29) is 11.3 Å². The van der Waals surface area contributed by atoms with E-state index in [1.807, 2.05) is 6.07 Å². The molecule has 0 aliphatic rings. The Morgan fingerprint density at radius 1 is 1.36 bits per heavy atom. The summed E-state index contributed by atoms with van der Waals surface area (Å²) < 4.78 is 0. The molecule has 2 atom stereocenters. The highest BCUT2D eigenvalue weighted by Gasteiger charge is 2.21. The van der Waals surface area contributed by atoms with E-state index in [2.05, 4.69) is 4.98 Å². The fourth-order valence-electron chi connectivity index (χ4n) is 0.968. The summed E-state index contributed by atoms with van der Waals surface area (Å²) in [5.41, 5.74) is 0.165. The summed E-state index contributed by atoms with van der Waals surface area (Å²) in [5.74, 6) is 0. The van der Waals surface area contributed by atoms with Crippen molar-refractivity contribution in [1.29, 1.82) is 10.5 Å². The number of rotatable bonds is 2. The predicted molar refractivity (Wildman–Crippen MR) is 45.5 cm³/mol. The number of nitriles is 2. The average Bonchev–Trinajstić information content (AvgIpc) is 2.26. The number of nitrogens with zero attached hydrogens (tertiary/aromatic N) is 3. The molecule has 1 aromatic heterocycles. The molecule has 0 fully saturated rings. The van der Waals surface area contributed by atoms with Crippen molar-refractivity contribution in [2.24, 2.45) is 0 Å². The Morgan fingerprint density at radius 2 is 2.07 bits per heavy atom. The number of hydrogen-bond acceptors (Lipinski definition) is 5. The highest BCUT2D eigenvalue weighted by atomic mass is 16.3. The maximum atomic E-state index is 9.41. The summed E-state index contributed by atoms with van der Waals surface area (Å²) in [6, 6.07) is 6.27. The molecule has 0 spiro atoms. The van der Waals surface area contributed by atoms with E-state index < -0.39 is 12.2 Å². The molecular formula is C9H7N3O2. The third-order valence-corrected chi connectivity index (χ3v) is 1.67. The summed E-state index contributed by atoms with van der Waals surface area (Å²) in [6.45, 7) is 0. The van der Waals surface area contributed by atoms with E-state index in [4.69, 9.17) is 15.6 Å². The summed E-state index contributed by atoms with van der Waals surface area (Å²) in [5, 5.41) is 35.5. The summed E-state index contributed by atoms with van der Waals surface area (Å²) in [7, 11) is 0. The molecule has 2 N–H and O–H groups in total. The lowest BCUT2D eigenvalue weighted by molar-refractivity contribution is 0.0497. The van der Waals surface area contributed by atoms with Gasteiger partial charge in [-0.1, -0.05) is 0 Å². The van der Waals surface area contributed by atoms with E-state index >= 15 is 0 Å². The van der Waals surface area contributed by atoms with Crippen molar-refractivity contribution in [3.8, 4) is 12.1 Å². The monoisotopic (exact) mass is 189 g/mol. The van der Waals surface area contributed by atoms with Gasteiger partial charge in [-0.2, -0.15) is 10.5 Å². The van der Waals surface area contributed by atoms with Gasteiger partial charge >= 0.3 is 0 Å². The Morgan fingerprint density at radius 3 is 2.64 bits per heavy atom. The topological polar surface area (TPSA) is 101 Å². The lowest BCUT2D eigenvalue weighted by Crippen LogP contribution is -2.18. The van der Waals surface area contributed by atoms with Crippen LogP contribution in [0.5, 0.6) is 0 Å². The maximum absolute atomic E-state index is 9.41. The molecule has 0 bridgehead atoms. The van der Waals surface area contributed by atoms with Gasteiger partial charge in [-0.05, 0) is 12.1 Å². The minimum Gasteiger partial charge on any atom is -0.383 e. The smallest absolute Gasteiger partial charge is 0.172 e. The van der Waals surface area contributed by atoms with Crippen molar-refractivity contribution in [3.63, 3.8) is 0 Å². The average molecular weight is 189 g/mol. The molecular weight excluding hydrogens is 182 g/mol. The Kier molecular flexibility index (Phi) is 3.14. The maximum Gasteiger partial charge on any atom is 0.172 e. The zero-order valence-electron chi connectivity index (χ0n) is 7.12. The first-order chi connectivity index (χ1) is 6.70. The Balaban J connectivity index is 3.08. The zero-order chi connectivity index (χ0) is 10.6. The fourth-order valence-corrected chi connectivity index (χ4v) is 0.968. The highest BCUT2D eigenvalue weighted by molar-refractivity contribution is 5.34. The van der Waals surface area contributed by atoms with Gasteiger partial charge in [0.1, 0.15) is 12.2 Å². The van der Waals surface area contributed by atoms with Gasteiger partial charge in [0.05, 0.1) is 17.3 Å². The molecule has 0 radical (unpaired) electrons. The van der Waals surface area contributed by atoms with Crippen molar-refractivity contribution in [2.75, 3.05) is 0 Å². The van der Waals surface area contributed by atoms with Crippen LogP contribution in [0.15, 0.2) is 18.3 Å². The van der Waals surface area contributed by atoms with Gasteiger partial charge in [-0.15, -0.1) is 0 Å². The lowest BCUT2D eigenvalue weighted by Gasteiger charge is -2.11. The summed E-state index contributed by atoms with van der Waals surface area (Å²) in [6.07, 6.45) is -1.64. The van der Waals surface area contributed by atoms with Crippen LogP contribution in [0.2, 0.25) is 0 Å². The second-order valence-electron chi connectivity index (χ2n) is 2.57. The zero-order valence-corrected chi connectivity index (χ0v) is 7.12. The van der Waals surface area contributed by atoms with E-state index in [9.17, 15) is 5.11 Å². The van der Waals surface area contributed by atoms with Gasteiger partial charge in [-0.3, -0.25) is 4.98 Å². The molecule has 0 saturated heterocycles. The molecule has 0 amide bonds. The minimum atomic E-state index is -1.57. The van der Waals surface area contributed by atoms with Crippen LogP contribution in [0.25, 0.3) is 0 Å².